The normalized spacial score (nSPS) is 13.5. The first kappa shape index (κ1) is 11.9. The molecule has 0 aliphatic rings. The number of nitrogens with two attached hydrogens (primary N) is 1. The van der Waals surface area contributed by atoms with Crippen LogP contribution in [-0.4, -0.2) is 14.2 Å². The number of ketones is 1. The molecule has 2 N–H and O–H groups in total. The van der Waals surface area contributed by atoms with Crippen molar-refractivity contribution in [2.75, 3.05) is 0 Å². The van der Waals surface area contributed by atoms with Gasteiger partial charge in [-0.05, 0) is 25.5 Å². The fourth-order valence-corrected chi connectivity index (χ4v) is 1.73. The second-order valence-corrected chi connectivity index (χ2v) is 5.30. The van der Waals surface area contributed by atoms with Crippen molar-refractivity contribution < 1.29 is 13.2 Å². The van der Waals surface area contributed by atoms with Gasteiger partial charge in [0.05, 0.1) is 5.25 Å². The number of carbonyl (C=O) groups is 1. The first-order valence-corrected chi connectivity index (χ1v) is 6.06. The first-order valence-electron chi connectivity index (χ1n) is 4.45. The lowest BCUT2D eigenvalue weighted by Gasteiger charge is -2.09. The molecule has 0 spiro atoms. The second-order valence-electron chi connectivity index (χ2n) is 3.41. The van der Waals surface area contributed by atoms with E-state index in [0.717, 1.165) is 0 Å². The molecule has 1 atom stereocenters. The predicted octanol–water partition coefficient (Wildman–Crippen LogP) is 1.24. The molecule has 1 unspecified atom stereocenters. The van der Waals surface area contributed by atoms with Gasteiger partial charge in [0.1, 0.15) is 0 Å². The standard InChI is InChI=1S/C10H13NO3S/c1-7(12)9-4-3-5-10(6-9)8(2)15(11,13)14/h3-6,8H,1-2H3,(H2,11,13,14). The number of hydrogen-bond acceptors (Lipinski definition) is 3. The van der Waals surface area contributed by atoms with Crippen molar-refractivity contribution in [3.8, 4) is 0 Å². The van der Waals surface area contributed by atoms with E-state index in [1.165, 1.54) is 13.8 Å². The van der Waals surface area contributed by atoms with Crippen molar-refractivity contribution in [3.05, 3.63) is 35.4 Å². The Morgan fingerprint density at radius 1 is 1.40 bits per heavy atom. The van der Waals surface area contributed by atoms with E-state index in [-0.39, 0.29) is 5.78 Å². The van der Waals surface area contributed by atoms with E-state index >= 15 is 0 Å². The Morgan fingerprint density at radius 2 is 2.00 bits per heavy atom. The molecule has 0 aliphatic heterocycles. The maximum Gasteiger partial charge on any atom is 0.215 e. The maximum atomic E-state index is 11.1. The Morgan fingerprint density at radius 3 is 2.47 bits per heavy atom. The van der Waals surface area contributed by atoms with E-state index in [0.29, 0.717) is 11.1 Å². The molecular weight excluding hydrogens is 214 g/mol. The van der Waals surface area contributed by atoms with E-state index in [2.05, 4.69) is 0 Å². The zero-order chi connectivity index (χ0) is 11.6. The van der Waals surface area contributed by atoms with Gasteiger partial charge in [0.2, 0.25) is 10.0 Å². The molecule has 0 heterocycles. The van der Waals surface area contributed by atoms with Gasteiger partial charge >= 0.3 is 0 Å². The van der Waals surface area contributed by atoms with Gasteiger partial charge in [-0.1, -0.05) is 18.2 Å². The van der Waals surface area contributed by atoms with Crippen molar-refractivity contribution in [3.63, 3.8) is 0 Å². The molecule has 1 aromatic carbocycles. The molecule has 0 radical (unpaired) electrons. The van der Waals surface area contributed by atoms with Crippen LogP contribution in [0.25, 0.3) is 0 Å². The smallest absolute Gasteiger partial charge is 0.215 e. The molecular formula is C10H13NO3S. The van der Waals surface area contributed by atoms with Gasteiger partial charge in [-0.3, -0.25) is 4.79 Å². The van der Waals surface area contributed by atoms with E-state index < -0.39 is 15.3 Å². The van der Waals surface area contributed by atoms with Crippen molar-refractivity contribution in [2.24, 2.45) is 5.14 Å². The number of sulfonamides is 1. The Bertz CT molecular complexity index is 479. The monoisotopic (exact) mass is 227 g/mol. The molecule has 82 valence electrons. The van der Waals surface area contributed by atoms with Crippen LogP contribution in [0.15, 0.2) is 24.3 Å². The first-order chi connectivity index (χ1) is 6.82. The summed E-state index contributed by atoms with van der Waals surface area (Å²) in [5, 5.41) is 4.23. The van der Waals surface area contributed by atoms with E-state index in [9.17, 15) is 13.2 Å². The average molecular weight is 227 g/mol. The predicted molar refractivity (Wildman–Crippen MR) is 58.0 cm³/mol. The van der Waals surface area contributed by atoms with Crippen LogP contribution in [0.1, 0.15) is 35.0 Å². The fraction of sp³-hybridized carbons (Fsp3) is 0.300. The van der Waals surface area contributed by atoms with Crippen LogP contribution >= 0.6 is 0 Å². The number of rotatable bonds is 3. The summed E-state index contributed by atoms with van der Waals surface area (Å²) in [6.07, 6.45) is 0. The maximum absolute atomic E-state index is 11.1. The Balaban J connectivity index is 3.17. The fourth-order valence-electron chi connectivity index (χ4n) is 1.20. The summed E-state index contributed by atoms with van der Waals surface area (Å²) < 4.78 is 22.2. The van der Waals surface area contributed by atoms with Gasteiger partial charge in [0, 0.05) is 5.56 Å². The highest BCUT2D eigenvalue weighted by Gasteiger charge is 2.18. The molecule has 5 heteroatoms. The quantitative estimate of drug-likeness (QED) is 0.789. The third-order valence-electron chi connectivity index (χ3n) is 2.26. The number of carbonyl (C=O) groups excluding carboxylic acids is 1. The van der Waals surface area contributed by atoms with Crippen LogP contribution in [0.3, 0.4) is 0 Å². The van der Waals surface area contributed by atoms with Crippen LogP contribution in [-0.2, 0) is 10.0 Å². The second kappa shape index (κ2) is 4.12. The van der Waals surface area contributed by atoms with Crippen LogP contribution in [0.4, 0.5) is 0 Å². The minimum Gasteiger partial charge on any atom is -0.295 e. The molecule has 0 saturated carbocycles. The van der Waals surface area contributed by atoms with Gasteiger partial charge in [0.15, 0.2) is 5.78 Å². The van der Waals surface area contributed by atoms with Crippen LogP contribution in [0.5, 0.6) is 0 Å². The Labute approximate surface area is 89.2 Å². The lowest BCUT2D eigenvalue weighted by Crippen LogP contribution is -2.19. The Kier molecular flexibility index (Phi) is 3.26. The van der Waals surface area contributed by atoms with E-state index in [4.69, 9.17) is 5.14 Å². The number of Topliss-reactive ketones (excluding diaryl/α,β-unsaturated/α-hetero) is 1. The summed E-state index contributed by atoms with van der Waals surface area (Å²) in [6, 6.07) is 6.48. The topological polar surface area (TPSA) is 77.2 Å². The summed E-state index contributed by atoms with van der Waals surface area (Å²) >= 11 is 0. The highest BCUT2D eigenvalue weighted by molar-refractivity contribution is 7.89. The zero-order valence-electron chi connectivity index (χ0n) is 8.60. The van der Waals surface area contributed by atoms with Gasteiger partial charge in [-0.2, -0.15) is 0 Å². The molecule has 0 amide bonds. The molecule has 0 aromatic heterocycles. The highest BCUT2D eigenvalue weighted by atomic mass is 32.2. The van der Waals surface area contributed by atoms with Gasteiger partial charge in [0.25, 0.3) is 0 Å². The summed E-state index contributed by atoms with van der Waals surface area (Å²) in [7, 11) is -3.61. The largest absolute Gasteiger partial charge is 0.295 e. The highest BCUT2D eigenvalue weighted by Crippen LogP contribution is 2.20. The molecule has 4 nitrogen and oxygen atoms in total. The van der Waals surface area contributed by atoms with E-state index in [1.807, 2.05) is 0 Å². The molecule has 15 heavy (non-hydrogen) atoms. The van der Waals surface area contributed by atoms with Gasteiger partial charge < -0.3 is 0 Å². The lowest BCUT2D eigenvalue weighted by atomic mass is 10.1. The molecule has 0 aliphatic carbocycles. The summed E-state index contributed by atoms with van der Waals surface area (Å²) in [4.78, 5) is 11.1. The molecule has 0 fully saturated rings. The van der Waals surface area contributed by atoms with Crippen molar-refractivity contribution in [2.45, 2.75) is 19.1 Å². The van der Waals surface area contributed by atoms with Gasteiger partial charge in [-0.25, -0.2) is 13.6 Å². The summed E-state index contributed by atoms with van der Waals surface area (Å²) in [5.41, 5.74) is 1.02. The lowest BCUT2D eigenvalue weighted by molar-refractivity contribution is 0.101. The van der Waals surface area contributed by atoms with Crippen molar-refractivity contribution in [1.29, 1.82) is 0 Å². The molecule has 0 bridgehead atoms. The number of benzene rings is 1. The number of hydrogen-bond donors (Lipinski definition) is 1. The van der Waals surface area contributed by atoms with E-state index in [1.54, 1.807) is 24.3 Å². The van der Waals surface area contributed by atoms with Crippen LogP contribution in [0, 0.1) is 0 Å². The van der Waals surface area contributed by atoms with Gasteiger partial charge in [-0.15, -0.1) is 0 Å². The minimum absolute atomic E-state index is 0.0986. The molecule has 1 rings (SSSR count). The molecule has 1 aromatic rings. The minimum atomic E-state index is -3.61. The summed E-state index contributed by atoms with van der Waals surface area (Å²) in [5.74, 6) is -0.0986. The Hall–Kier alpha value is -1.20. The van der Waals surface area contributed by atoms with Crippen molar-refractivity contribution >= 4 is 15.8 Å². The van der Waals surface area contributed by atoms with Crippen molar-refractivity contribution in [1.82, 2.24) is 0 Å². The summed E-state index contributed by atoms with van der Waals surface area (Å²) in [6.45, 7) is 2.93. The number of primary sulfonamides is 1. The average Bonchev–Trinajstić information content (AvgIpc) is 2.15. The third kappa shape index (κ3) is 2.87. The third-order valence-corrected chi connectivity index (χ3v) is 3.51. The van der Waals surface area contributed by atoms with Crippen LogP contribution < -0.4 is 5.14 Å². The zero-order valence-corrected chi connectivity index (χ0v) is 9.41. The van der Waals surface area contributed by atoms with Crippen LogP contribution in [0.2, 0.25) is 0 Å². The molecule has 0 saturated heterocycles. The SMILES string of the molecule is CC(=O)c1cccc(C(C)S(N)(=O)=O)c1.